The highest BCUT2D eigenvalue weighted by molar-refractivity contribution is 5.88. The molecule has 4 aromatic carbocycles. The van der Waals surface area contributed by atoms with Crippen molar-refractivity contribution in [2.24, 2.45) is 5.41 Å². The average molecular weight is 907 g/mol. The molecule has 1 unspecified atom stereocenters. The van der Waals surface area contributed by atoms with Crippen molar-refractivity contribution in [3.05, 3.63) is 131 Å². The second-order valence-corrected chi connectivity index (χ2v) is 19.1. The zero-order chi connectivity index (χ0) is 47.0. The summed E-state index contributed by atoms with van der Waals surface area (Å²) in [5.74, 6) is -2.49. The van der Waals surface area contributed by atoms with Gasteiger partial charge in [-0.05, 0) is 110 Å². The second kappa shape index (κ2) is 18.7. The number of aromatic nitrogens is 4. The average Bonchev–Trinajstić information content (AvgIpc) is 3.61. The zero-order valence-electron chi connectivity index (χ0n) is 39.1. The third kappa shape index (κ3) is 9.43. The van der Waals surface area contributed by atoms with E-state index in [-0.39, 0.29) is 47.4 Å². The number of carbonyl (C=O) groups is 3. The summed E-state index contributed by atoms with van der Waals surface area (Å²) < 4.78 is 33.3. The van der Waals surface area contributed by atoms with Crippen LogP contribution >= 0.6 is 0 Å². The van der Waals surface area contributed by atoms with E-state index in [2.05, 4.69) is 52.0 Å². The second-order valence-electron chi connectivity index (χ2n) is 19.1. The van der Waals surface area contributed by atoms with Gasteiger partial charge in [0.1, 0.15) is 23.7 Å². The molecule has 3 heterocycles. The van der Waals surface area contributed by atoms with Gasteiger partial charge in [-0.2, -0.15) is 8.78 Å². The number of benzene rings is 4. The van der Waals surface area contributed by atoms with Crippen LogP contribution in [0.4, 0.5) is 8.78 Å². The Morgan fingerprint density at radius 3 is 2.22 bits per heavy atom. The lowest BCUT2D eigenvalue weighted by molar-refractivity contribution is -0.138. The number of hydrogen-bond donors (Lipinski definition) is 3. The van der Waals surface area contributed by atoms with E-state index >= 15 is 8.78 Å². The number of likely N-dealkylation sites (N-methyl/N-ethyl adjacent to an activating group) is 1. The molecule has 1 saturated carbocycles. The lowest BCUT2D eigenvalue weighted by Crippen LogP contribution is -2.44. The minimum Gasteiger partial charge on any atom is -0.347 e. The molecular weight excluding hydrogens is 847 g/mol. The van der Waals surface area contributed by atoms with Gasteiger partial charge < -0.3 is 25.1 Å². The van der Waals surface area contributed by atoms with E-state index in [4.69, 9.17) is 4.98 Å². The van der Waals surface area contributed by atoms with Gasteiger partial charge in [0.15, 0.2) is 0 Å². The number of piperidine rings is 1. The van der Waals surface area contributed by atoms with Crippen LogP contribution in [0.5, 0.6) is 0 Å². The minimum atomic E-state index is -3.27. The smallest absolute Gasteiger partial charge is 0.299 e. The molecule has 3 amide bonds. The number of fused-ring (bicyclic) bond motifs is 4. The van der Waals surface area contributed by atoms with E-state index in [0.717, 1.165) is 73.8 Å². The molecule has 6 aromatic rings. The SMILES string of the molecule is CCC(=O)NCC(=O)N(Cc1ncc(-c2ccc3c(c2)C(F)(F)c2cc(-c4ccc5nc([C@H](/C=C(\C)CC)N(C)C(=O)C(c6ccccc6)N6CCCCC6)[nH]c5c4)ccc2-3)[nH]1)CC1(C)CC1. The monoisotopic (exact) mass is 906 g/mol. The highest BCUT2D eigenvalue weighted by Gasteiger charge is 2.45. The molecule has 2 atom stereocenters. The number of H-pyrrole nitrogens is 2. The number of rotatable bonds is 16. The standard InChI is InChI=1S/C54H60F2N8O3/c1-6-34(3)26-46(62(5)52(67)50(35-14-10-8-11-15-35)63-24-12-9-13-25-63)51-60-43-21-18-37(29-44(43)61-51)36-16-19-39-40-20-17-38(28-42(40)54(55,56)41(39)27-36)45-30-57-47(59-45)32-64(33-53(4)22-23-53)49(66)31-58-48(65)7-2/h8,10-11,14-21,26-30,46,50H,6-7,9,12-13,22-25,31-33H2,1-5H3,(H,57,59)(H,58,65)(H,60,61)/b34-26+/t46-,50?/m0/s1. The maximum Gasteiger partial charge on any atom is 0.299 e. The number of halogens is 2. The van der Waals surface area contributed by atoms with E-state index in [9.17, 15) is 14.4 Å². The van der Waals surface area contributed by atoms with Crippen molar-refractivity contribution in [3.63, 3.8) is 0 Å². The summed E-state index contributed by atoms with van der Waals surface area (Å²) in [7, 11) is 1.86. The molecule has 67 heavy (non-hydrogen) atoms. The lowest BCUT2D eigenvalue weighted by Gasteiger charge is -2.37. The quantitative estimate of drug-likeness (QED) is 0.0830. The van der Waals surface area contributed by atoms with Crippen LogP contribution in [-0.4, -0.2) is 85.6 Å². The number of nitrogens with one attached hydrogen (secondary N) is 3. The van der Waals surface area contributed by atoms with E-state index in [1.54, 1.807) is 36.2 Å². The van der Waals surface area contributed by atoms with Gasteiger partial charge in [-0.1, -0.05) is 99.5 Å². The van der Waals surface area contributed by atoms with Gasteiger partial charge in [0.2, 0.25) is 17.7 Å². The Morgan fingerprint density at radius 1 is 0.866 bits per heavy atom. The van der Waals surface area contributed by atoms with E-state index in [1.165, 1.54) is 6.07 Å². The van der Waals surface area contributed by atoms with Crippen molar-refractivity contribution in [2.45, 2.75) is 97.2 Å². The molecule has 2 aliphatic carbocycles. The largest absolute Gasteiger partial charge is 0.347 e. The molecule has 0 bridgehead atoms. The Bertz CT molecular complexity index is 2840. The number of carbonyl (C=O) groups excluding carboxylic acids is 3. The predicted octanol–water partition coefficient (Wildman–Crippen LogP) is 10.5. The van der Waals surface area contributed by atoms with Crippen molar-refractivity contribution in [1.82, 2.24) is 40.0 Å². The molecule has 13 heteroatoms. The number of aromatic amines is 2. The van der Waals surface area contributed by atoms with Crippen LogP contribution in [-0.2, 0) is 26.9 Å². The molecule has 3 aliphatic rings. The number of hydrogen-bond acceptors (Lipinski definition) is 6. The summed E-state index contributed by atoms with van der Waals surface area (Å²) in [4.78, 5) is 61.9. The summed E-state index contributed by atoms with van der Waals surface area (Å²) in [6.45, 7) is 10.4. The zero-order valence-corrected chi connectivity index (χ0v) is 39.1. The lowest BCUT2D eigenvalue weighted by atomic mass is 9.98. The van der Waals surface area contributed by atoms with Crippen molar-refractivity contribution in [2.75, 3.05) is 33.2 Å². The van der Waals surface area contributed by atoms with Gasteiger partial charge in [-0.15, -0.1) is 0 Å². The van der Waals surface area contributed by atoms with Gasteiger partial charge >= 0.3 is 0 Å². The minimum absolute atomic E-state index is 0.00510. The summed E-state index contributed by atoms with van der Waals surface area (Å²) in [5, 5.41) is 2.68. The van der Waals surface area contributed by atoms with Crippen molar-refractivity contribution >= 4 is 28.8 Å². The normalized spacial score (nSPS) is 17.1. The molecule has 0 spiro atoms. The van der Waals surface area contributed by atoms with Crippen LogP contribution in [0.2, 0.25) is 0 Å². The summed E-state index contributed by atoms with van der Waals surface area (Å²) in [6, 6.07) is 25.2. The van der Waals surface area contributed by atoms with Gasteiger partial charge in [-0.3, -0.25) is 19.3 Å². The van der Waals surface area contributed by atoms with Gasteiger partial charge in [0, 0.05) is 36.7 Å². The number of imidazole rings is 2. The fourth-order valence-corrected chi connectivity index (χ4v) is 9.58. The van der Waals surface area contributed by atoms with Crippen LogP contribution in [0.15, 0.2) is 103 Å². The Labute approximate surface area is 391 Å². The number of allylic oxidation sites excluding steroid dienone is 1. The first kappa shape index (κ1) is 45.7. The first-order valence-electron chi connectivity index (χ1n) is 23.7. The van der Waals surface area contributed by atoms with Crippen molar-refractivity contribution < 1.29 is 23.2 Å². The molecule has 1 saturated heterocycles. The predicted molar refractivity (Wildman–Crippen MR) is 258 cm³/mol. The molecule has 2 fully saturated rings. The molecule has 3 N–H and O–H groups in total. The number of alkyl halides is 2. The third-order valence-electron chi connectivity index (χ3n) is 14.1. The van der Waals surface area contributed by atoms with Crippen LogP contribution in [0.25, 0.3) is 44.5 Å². The molecule has 11 nitrogen and oxygen atoms in total. The first-order valence-corrected chi connectivity index (χ1v) is 23.7. The maximum absolute atomic E-state index is 16.7. The molecule has 2 aromatic heterocycles. The Morgan fingerprint density at radius 2 is 1.54 bits per heavy atom. The Hall–Kier alpha value is -6.47. The summed E-state index contributed by atoms with van der Waals surface area (Å²) in [6.07, 6.45) is 10.1. The Balaban J connectivity index is 0.955. The number of nitrogens with zero attached hydrogens (tertiary/aromatic N) is 5. The highest BCUT2D eigenvalue weighted by Crippen LogP contribution is 2.53. The van der Waals surface area contributed by atoms with E-state index in [0.29, 0.717) is 58.1 Å². The fourth-order valence-electron chi connectivity index (χ4n) is 9.58. The molecule has 9 rings (SSSR count). The highest BCUT2D eigenvalue weighted by atomic mass is 19.3. The fraction of sp³-hybridized carbons (Fsp3) is 0.389. The molecule has 348 valence electrons. The van der Waals surface area contributed by atoms with E-state index in [1.807, 2.05) is 72.6 Å². The van der Waals surface area contributed by atoms with Crippen LogP contribution < -0.4 is 5.32 Å². The van der Waals surface area contributed by atoms with E-state index < -0.39 is 18.0 Å². The summed E-state index contributed by atoms with van der Waals surface area (Å²) in [5.41, 5.74) is 6.94. The van der Waals surface area contributed by atoms with Gasteiger partial charge in [-0.25, -0.2) is 9.97 Å². The van der Waals surface area contributed by atoms with Crippen molar-refractivity contribution in [3.8, 4) is 33.5 Å². The van der Waals surface area contributed by atoms with Crippen LogP contribution in [0.3, 0.4) is 0 Å². The molecule has 1 aliphatic heterocycles. The van der Waals surface area contributed by atoms with Gasteiger partial charge in [0.25, 0.3) is 5.92 Å². The number of amides is 3. The number of likely N-dealkylation sites (tertiary alicyclic amines) is 1. The van der Waals surface area contributed by atoms with Gasteiger partial charge in [0.05, 0.1) is 36.0 Å². The Kier molecular flexibility index (Phi) is 12.7. The van der Waals surface area contributed by atoms with Crippen LogP contribution in [0.1, 0.15) is 113 Å². The molecule has 0 radical (unpaired) electrons. The maximum atomic E-state index is 16.7. The topological polar surface area (TPSA) is 130 Å². The van der Waals surface area contributed by atoms with Crippen molar-refractivity contribution in [1.29, 1.82) is 0 Å². The third-order valence-corrected chi connectivity index (χ3v) is 14.1. The summed E-state index contributed by atoms with van der Waals surface area (Å²) >= 11 is 0. The van der Waals surface area contributed by atoms with Crippen LogP contribution in [0, 0.1) is 5.41 Å². The first-order chi connectivity index (χ1) is 32.2. The molecular formula is C54H60F2N8O3.